The van der Waals surface area contributed by atoms with Gasteiger partial charge in [0.05, 0.1) is 6.20 Å². The van der Waals surface area contributed by atoms with E-state index in [1.54, 1.807) is 6.20 Å². The minimum Gasteiger partial charge on any atom is -0.337 e. The molecule has 0 spiro atoms. The summed E-state index contributed by atoms with van der Waals surface area (Å²) in [6, 6.07) is 0. The highest BCUT2D eigenvalue weighted by molar-refractivity contribution is 5.92. The molecule has 1 aliphatic rings. The van der Waals surface area contributed by atoms with Gasteiger partial charge in [0.1, 0.15) is 5.69 Å². The van der Waals surface area contributed by atoms with Crippen LogP contribution in [0.15, 0.2) is 18.6 Å². The summed E-state index contributed by atoms with van der Waals surface area (Å²) < 4.78 is 0. The molecule has 1 unspecified atom stereocenters. The predicted molar refractivity (Wildman–Crippen MR) is 59.7 cm³/mol. The van der Waals surface area contributed by atoms with Crippen LogP contribution in [0.1, 0.15) is 23.3 Å². The normalized spacial score (nSPS) is 20.8. The third-order valence-corrected chi connectivity index (χ3v) is 2.92. The van der Waals surface area contributed by atoms with Crippen LogP contribution in [-0.2, 0) is 0 Å². The topological polar surface area (TPSA) is 72.1 Å². The van der Waals surface area contributed by atoms with Gasteiger partial charge in [-0.1, -0.05) is 0 Å². The van der Waals surface area contributed by atoms with Gasteiger partial charge in [0.25, 0.3) is 5.91 Å². The predicted octanol–water partition coefficient (Wildman–Crippen LogP) is 0.287. The van der Waals surface area contributed by atoms with Crippen LogP contribution in [0.2, 0.25) is 0 Å². The highest BCUT2D eigenvalue weighted by Crippen LogP contribution is 2.16. The molecule has 1 atom stereocenters. The van der Waals surface area contributed by atoms with Crippen LogP contribution in [0.4, 0.5) is 0 Å². The van der Waals surface area contributed by atoms with Crippen LogP contribution >= 0.6 is 0 Å². The molecule has 0 radical (unpaired) electrons. The molecule has 0 aromatic carbocycles. The average molecular weight is 220 g/mol. The Balaban J connectivity index is 2.05. The second kappa shape index (κ2) is 5.03. The third kappa shape index (κ3) is 2.36. The van der Waals surface area contributed by atoms with Gasteiger partial charge in [-0.3, -0.25) is 9.78 Å². The summed E-state index contributed by atoms with van der Waals surface area (Å²) >= 11 is 0. The molecule has 0 saturated carbocycles. The third-order valence-electron chi connectivity index (χ3n) is 2.92. The highest BCUT2D eigenvalue weighted by atomic mass is 16.2. The van der Waals surface area contributed by atoms with Crippen molar-refractivity contribution in [3.63, 3.8) is 0 Å². The molecule has 2 N–H and O–H groups in total. The quantitative estimate of drug-likeness (QED) is 0.777. The van der Waals surface area contributed by atoms with E-state index >= 15 is 0 Å². The lowest BCUT2D eigenvalue weighted by Gasteiger charge is -2.31. The molecule has 5 heteroatoms. The number of likely N-dealkylation sites (tertiary alicyclic amines) is 1. The Morgan fingerprint density at radius 3 is 3.12 bits per heavy atom. The molecule has 86 valence electrons. The van der Waals surface area contributed by atoms with Crippen LogP contribution in [0.3, 0.4) is 0 Å². The van der Waals surface area contributed by atoms with Crippen molar-refractivity contribution in [2.24, 2.45) is 11.7 Å². The van der Waals surface area contributed by atoms with E-state index in [4.69, 9.17) is 5.73 Å². The van der Waals surface area contributed by atoms with Crippen molar-refractivity contribution in [2.45, 2.75) is 12.8 Å². The molecule has 1 saturated heterocycles. The van der Waals surface area contributed by atoms with Crippen molar-refractivity contribution in [3.05, 3.63) is 24.3 Å². The first kappa shape index (κ1) is 11.0. The van der Waals surface area contributed by atoms with Crippen molar-refractivity contribution < 1.29 is 4.79 Å². The molecular formula is C11H16N4O. The lowest BCUT2D eigenvalue weighted by Crippen LogP contribution is -2.42. The summed E-state index contributed by atoms with van der Waals surface area (Å²) in [6.45, 7) is 2.18. The maximum absolute atomic E-state index is 12.0. The van der Waals surface area contributed by atoms with Gasteiger partial charge in [-0.15, -0.1) is 0 Å². The summed E-state index contributed by atoms with van der Waals surface area (Å²) in [5.41, 5.74) is 6.06. The van der Waals surface area contributed by atoms with Gasteiger partial charge in [0, 0.05) is 25.5 Å². The van der Waals surface area contributed by atoms with Gasteiger partial charge in [0.15, 0.2) is 0 Å². The molecule has 0 aliphatic carbocycles. The molecule has 1 aromatic rings. The monoisotopic (exact) mass is 220 g/mol. The molecular weight excluding hydrogens is 204 g/mol. The van der Waals surface area contributed by atoms with E-state index in [1.165, 1.54) is 12.4 Å². The number of hydrogen-bond donors (Lipinski definition) is 1. The van der Waals surface area contributed by atoms with Gasteiger partial charge in [0.2, 0.25) is 0 Å². The second-order valence-electron chi connectivity index (χ2n) is 4.09. The van der Waals surface area contributed by atoms with Crippen LogP contribution in [0.25, 0.3) is 0 Å². The largest absolute Gasteiger partial charge is 0.337 e. The fraction of sp³-hybridized carbons (Fsp3) is 0.545. The molecule has 5 nitrogen and oxygen atoms in total. The fourth-order valence-corrected chi connectivity index (χ4v) is 2.01. The van der Waals surface area contributed by atoms with Crippen LogP contribution in [-0.4, -0.2) is 40.4 Å². The van der Waals surface area contributed by atoms with E-state index in [0.717, 1.165) is 25.9 Å². The zero-order valence-corrected chi connectivity index (χ0v) is 9.17. The Bertz CT molecular complexity index is 354. The minimum absolute atomic E-state index is 0.0359. The van der Waals surface area contributed by atoms with E-state index in [0.29, 0.717) is 18.2 Å². The van der Waals surface area contributed by atoms with Gasteiger partial charge < -0.3 is 10.6 Å². The standard InChI is InChI=1S/C11H16N4O/c12-6-9-2-1-5-15(8-9)11(16)10-7-13-3-4-14-10/h3-4,7,9H,1-2,5-6,8,12H2. The number of hydrogen-bond acceptors (Lipinski definition) is 4. The number of carbonyl (C=O) groups is 1. The van der Waals surface area contributed by atoms with Crippen LogP contribution in [0.5, 0.6) is 0 Å². The highest BCUT2D eigenvalue weighted by Gasteiger charge is 2.24. The van der Waals surface area contributed by atoms with Crippen molar-refractivity contribution in [2.75, 3.05) is 19.6 Å². The first-order valence-electron chi connectivity index (χ1n) is 5.56. The molecule has 0 bridgehead atoms. The van der Waals surface area contributed by atoms with Crippen LogP contribution < -0.4 is 5.73 Å². The SMILES string of the molecule is NCC1CCCN(C(=O)c2cnccn2)C1. The maximum atomic E-state index is 12.0. The van der Waals surface area contributed by atoms with Gasteiger partial charge >= 0.3 is 0 Å². The average Bonchev–Trinajstić information content (AvgIpc) is 2.39. The molecule has 2 rings (SSSR count). The summed E-state index contributed by atoms with van der Waals surface area (Å²) in [5, 5.41) is 0. The first-order valence-corrected chi connectivity index (χ1v) is 5.56. The number of rotatable bonds is 2. The summed E-state index contributed by atoms with van der Waals surface area (Å²) in [7, 11) is 0. The Labute approximate surface area is 94.7 Å². The lowest BCUT2D eigenvalue weighted by molar-refractivity contribution is 0.0671. The fourth-order valence-electron chi connectivity index (χ4n) is 2.01. The zero-order valence-electron chi connectivity index (χ0n) is 9.17. The van der Waals surface area contributed by atoms with E-state index in [2.05, 4.69) is 9.97 Å². The molecule has 1 amide bonds. The summed E-state index contributed by atoms with van der Waals surface area (Å²) in [6.07, 6.45) is 6.75. The van der Waals surface area contributed by atoms with Crippen molar-refractivity contribution >= 4 is 5.91 Å². The number of aromatic nitrogens is 2. The molecule has 1 aromatic heterocycles. The second-order valence-corrected chi connectivity index (χ2v) is 4.09. The maximum Gasteiger partial charge on any atom is 0.274 e. The Hall–Kier alpha value is -1.49. The first-order chi connectivity index (χ1) is 7.81. The molecule has 1 aliphatic heterocycles. The number of amides is 1. The lowest BCUT2D eigenvalue weighted by atomic mass is 9.98. The van der Waals surface area contributed by atoms with E-state index < -0.39 is 0 Å². The number of nitrogens with two attached hydrogens (primary N) is 1. The van der Waals surface area contributed by atoms with Crippen molar-refractivity contribution in [3.8, 4) is 0 Å². The van der Waals surface area contributed by atoms with Crippen molar-refractivity contribution in [1.29, 1.82) is 0 Å². The van der Waals surface area contributed by atoms with E-state index in [-0.39, 0.29) is 5.91 Å². The summed E-state index contributed by atoms with van der Waals surface area (Å²) in [5.74, 6) is 0.389. The number of nitrogens with zero attached hydrogens (tertiary/aromatic N) is 3. The van der Waals surface area contributed by atoms with E-state index in [1.807, 2.05) is 4.90 Å². The van der Waals surface area contributed by atoms with Gasteiger partial charge in [-0.25, -0.2) is 4.98 Å². The Morgan fingerprint density at radius 1 is 1.56 bits per heavy atom. The Kier molecular flexibility index (Phi) is 3.46. The smallest absolute Gasteiger partial charge is 0.274 e. The molecule has 1 fully saturated rings. The zero-order chi connectivity index (χ0) is 11.4. The van der Waals surface area contributed by atoms with Gasteiger partial charge in [-0.2, -0.15) is 0 Å². The summed E-state index contributed by atoms with van der Waals surface area (Å²) in [4.78, 5) is 21.8. The molecule has 16 heavy (non-hydrogen) atoms. The van der Waals surface area contributed by atoms with Crippen LogP contribution in [0, 0.1) is 5.92 Å². The number of piperidine rings is 1. The van der Waals surface area contributed by atoms with Gasteiger partial charge in [-0.05, 0) is 25.3 Å². The molecule has 2 heterocycles. The Morgan fingerprint density at radius 2 is 2.44 bits per heavy atom. The van der Waals surface area contributed by atoms with E-state index in [9.17, 15) is 4.79 Å². The van der Waals surface area contributed by atoms with Crippen molar-refractivity contribution in [1.82, 2.24) is 14.9 Å². The number of carbonyl (C=O) groups excluding carboxylic acids is 1. The minimum atomic E-state index is -0.0359.